The van der Waals surface area contributed by atoms with Crippen LogP contribution in [0.2, 0.25) is 0 Å². The maximum atomic E-state index is 12.3. The van der Waals surface area contributed by atoms with E-state index in [0.717, 1.165) is 25.0 Å². The summed E-state index contributed by atoms with van der Waals surface area (Å²) in [6.45, 7) is 0. The smallest absolute Gasteiger partial charge is 0.334 e. The first kappa shape index (κ1) is 14.5. The number of halogens is 2. The number of amides is 2. The maximum Gasteiger partial charge on any atom is 0.341 e. The van der Waals surface area contributed by atoms with E-state index in [1.54, 1.807) is 0 Å². The monoisotopic (exact) mass is 305 g/mol. The molecule has 0 unspecified atom stereocenters. The Morgan fingerprint density at radius 2 is 1.80 bits per heavy atom. The van der Waals surface area contributed by atoms with Crippen molar-refractivity contribution < 1.29 is 22.0 Å². The first-order chi connectivity index (χ1) is 9.39. The molecule has 0 radical (unpaired) electrons. The average molecular weight is 305 g/mol. The summed E-state index contributed by atoms with van der Waals surface area (Å²) in [5.74, 6) is -3.45. The van der Waals surface area contributed by atoms with Crippen molar-refractivity contribution in [1.82, 2.24) is 10.7 Å². The van der Waals surface area contributed by atoms with Crippen molar-refractivity contribution in [3.63, 3.8) is 0 Å². The molecule has 1 aromatic rings. The highest BCUT2D eigenvalue weighted by molar-refractivity contribution is 7.91. The fourth-order valence-corrected chi connectivity index (χ4v) is 2.13. The third-order valence-corrected chi connectivity index (χ3v) is 4.05. The van der Waals surface area contributed by atoms with Gasteiger partial charge in [-0.1, -0.05) is 0 Å². The molecule has 0 aromatic heterocycles. The number of carbonyl (C=O) groups excluding carboxylic acids is 1. The Kier molecular flexibility index (Phi) is 4.07. The van der Waals surface area contributed by atoms with Crippen molar-refractivity contribution in [3.05, 3.63) is 24.3 Å². The summed E-state index contributed by atoms with van der Waals surface area (Å²) in [5, 5.41) is 2.67. The van der Waals surface area contributed by atoms with Crippen LogP contribution in [-0.2, 0) is 9.84 Å². The van der Waals surface area contributed by atoms with E-state index in [-0.39, 0.29) is 6.04 Å². The number of benzene rings is 1. The fraction of sp³-hybridized carbons (Fsp3) is 0.364. The molecule has 1 fully saturated rings. The minimum atomic E-state index is -4.59. The molecule has 0 bridgehead atoms. The largest absolute Gasteiger partial charge is 0.341 e. The lowest BCUT2D eigenvalue weighted by Crippen LogP contribution is -2.40. The van der Waals surface area contributed by atoms with Gasteiger partial charge >= 0.3 is 11.8 Å². The summed E-state index contributed by atoms with van der Waals surface area (Å²) < 4.78 is 47.0. The van der Waals surface area contributed by atoms with Gasteiger partial charge in [0.25, 0.3) is 0 Å². The van der Waals surface area contributed by atoms with Crippen molar-refractivity contribution in [2.45, 2.75) is 29.5 Å². The summed E-state index contributed by atoms with van der Waals surface area (Å²) in [6, 6.07) is 4.46. The SMILES string of the molecule is O=C(NNc1ccc(S(=O)(=O)C(F)F)cc1)NC1CC1. The number of sulfone groups is 1. The van der Waals surface area contributed by atoms with Gasteiger partial charge in [0.1, 0.15) is 0 Å². The lowest BCUT2D eigenvalue weighted by Gasteiger charge is -2.10. The van der Waals surface area contributed by atoms with Gasteiger partial charge in [-0.3, -0.25) is 10.9 Å². The van der Waals surface area contributed by atoms with Crippen LogP contribution >= 0.6 is 0 Å². The van der Waals surface area contributed by atoms with Crippen LogP contribution < -0.4 is 16.2 Å². The summed E-state index contributed by atoms with van der Waals surface area (Å²) >= 11 is 0. The molecule has 0 saturated heterocycles. The molecule has 0 spiro atoms. The molecule has 2 amide bonds. The second kappa shape index (κ2) is 5.61. The third kappa shape index (κ3) is 3.56. The van der Waals surface area contributed by atoms with Crippen molar-refractivity contribution in [2.24, 2.45) is 0 Å². The molecular formula is C11H13F2N3O3S. The lowest BCUT2D eigenvalue weighted by atomic mass is 10.3. The Labute approximate surface area is 114 Å². The van der Waals surface area contributed by atoms with Gasteiger partial charge in [-0.25, -0.2) is 13.2 Å². The van der Waals surface area contributed by atoms with Crippen LogP contribution in [-0.4, -0.2) is 26.2 Å². The molecule has 1 aliphatic rings. The summed E-state index contributed by atoms with van der Waals surface area (Å²) in [4.78, 5) is 10.8. The zero-order valence-electron chi connectivity index (χ0n) is 10.3. The Morgan fingerprint density at radius 3 is 2.30 bits per heavy atom. The van der Waals surface area contributed by atoms with Gasteiger partial charge in [-0.05, 0) is 37.1 Å². The van der Waals surface area contributed by atoms with Gasteiger partial charge in [-0.15, -0.1) is 0 Å². The molecule has 1 aromatic carbocycles. The van der Waals surface area contributed by atoms with E-state index in [1.165, 1.54) is 12.1 Å². The van der Waals surface area contributed by atoms with Gasteiger partial charge in [0, 0.05) is 6.04 Å². The van der Waals surface area contributed by atoms with Crippen LogP contribution in [0.5, 0.6) is 0 Å². The minimum Gasteiger partial charge on any atom is -0.334 e. The number of hydrazine groups is 1. The maximum absolute atomic E-state index is 12.3. The van der Waals surface area contributed by atoms with Crippen LogP contribution in [0.1, 0.15) is 12.8 Å². The first-order valence-corrected chi connectivity index (χ1v) is 7.39. The number of alkyl halides is 2. The van der Waals surface area contributed by atoms with E-state index in [9.17, 15) is 22.0 Å². The van der Waals surface area contributed by atoms with E-state index in [1.807, 2.05) is 0 Å². The van der Waals surface area contributed by atoms with E-state index >= 15 is 0 Å². The van der Waals surface area contributed by atoms with Gasteiger partial charge in [-0.2, -0.15) is 8.78 Å². The van der Waals surface area contributed by atoms with E-state index in [0.29, 0.717) is 5.69 Å². The summed E-state index contributed by atoms with van der Waals surface area (Å²) in [6.07, 6.45) is 1.90. The van der Waals surface area contributed by atoms with Crippen LogP contribution in [0.3, 0.4) is 0 Å². The quantitative estimate of drug-likeness (QED) is 0.719. The zero-order valence-corrected chi connectivity index (χ0v) is 11.1. The van der Waals surface area contributed by atoms with Gasteiger partial charge in [0.2, 0.25) is 9.84 Å². The van der Waals surface area contributed by atoms with Crippen LogP contribution in [0, 0.1) is 0 Å². The standard InChI is InChI=1S/C11H13F2N3O3S/c12-10(13)20(18,19)9-5-3-8(4-6-9)15-16-11(17)14-7-1-2-7/h3-7,10,15H,1-2H2,(H2,14,16,17). The van der Waals surface area contributed by atoms with Crippen molar-refractivity contribution >= 4 is 21.6 Å². The highest BCUT2D eigenvalue weighted by Crippen LogP contribution is 2.20. The highest BCUT2D eigenvalue weighted by atomic mass is 32.2. The molecule has 3 N–H and O–H groups in total. The molecule has 2 rings (SSSR count). The normalized spacial score (nSPS) is 14.9. The highest BCUT2D eigenvalue weighted by Gasteiger charge is 2.26. The Balaban J connectivity index is 1.92. The number of hydrogen-bond donors (Lipinski definition) is 3. The molecule has 0 heterocycles. The molecule has 6 nitrogen and oxygen atoms in total. The second-order valence-corrected chi connectivity index (χ2v) is 6.25. The number of anilines is 1. The molecule has 0 atom stereocenters. The lowest BCUT2D eigenvalue weighted by molar-refractivity contribution is 0.234. The van der Waals surface area contributed by atoms with Crippen LogP contribution in [0.15, 0.2) is 29.2 Å². The predicted molar refractivity (Wildman–Crippen MR) is 67.9 cm³/mol. The number of nitrogens with one attached hydrogen (secondary N) is 3. The molecule has 1 aliphatic carbocycles. The number of urea groups is 1. The average Bonchev–Trinajstić information content (AvgIpc) is 3.20. The first-order valence-electron chi connectivity index (χ1n) is 5.84. The fourth-order valence-electron chi connectivity index (χ4n) is 1.41. The van der Waals surface area contributed by atoms with E-state index in [2.05, 4.69) is 16.2 Å². The Morgan fingerprint density at radius 1 is 1.20 bits per heavy atom. The molecule has 20 heavy (non-hydrogen) atoms. The number of carbonyl (C=O) groups is 1. The summed E-state index contributed by atoms with van der Waals surface area (Å²) in [5.41, 5.74) is 5.27. The molecular weight excluding hydrogens is 292 g/mol. The van der Waals surface area contributed by atoms with Crippen molar-refractivity contribution in [3.8, 4) is 0 Å². The van der Waals surface area contributed by atoms with Gasteiger partial charge in [0.15, 0.2) is 0 Å². The zero-order chi connectivity index (χ0) is 14.8. The van der Waals surface area contributed by atoms with Gasteiger partial charge < -0.3 is 5.32 Å². The van der Waals surface area contributed by atoms with E-state index in [4.69, 9.17) is 0 Å². The Hall–Kier alpha value is -1.90. The predicted octanol–water partition coefficient (Wildman–Crippen LogP) is 1.47. The molecule has 0 aliphatic heterocycles. The second-order valence-electron chi connectivity index (χ2n) is 4.33. The Bertz CT molecular complexity index is 585. The van der Waals surface area contributed by atoms with Crippen LogP contribution in [0.4, 0.5) is 19.3 Å². The van der Waals surface area contributed by atoms with Crippen molar-refractivity contribution in [1.29, 1.82) is 0 Å². The third-order valence-electron chi connectivity index (χ3n) is 2.65. The van der Waals surface area contributed by atoms with Gasteiger partial charge in [0.05, 0.1) is 10.6 Å². The van der Waals surface area contributed by atoms with Crippen molar-refractivity contribution in [2.75, 3.05) is 5.43 Å². The van der Waals surface area contributed by atoms with Crippen LogP contribution in [0.25, 0.3) is 0 Å². The van der Waals surface area contributed by atoms with E-state index < -0.39 is 26.5 Å². The number of hydrogen-bond acceptors (Lipinski definition) is 4. The molecule has 9 heteroatoms. The number of rotatable bonds is 5. The topological polar surface area (TPSA) is 87.3 Å². The summed E-state index contributed by atoms with van der Waals surface area (Å²) in [7, 11) is -4.59. The molecule has 110 valence electrons. The minimum absolute atomic E-state index is 0.204. The molecule has 1 saturated carbocycles.